The molecule has 10 heteroatoms. The van der Waals surface area contributed by atoms with Crippen molar-refractivity contribution in [1.29, 1.82) is 0 Å². The van der Waals surface area contributed by atoms with Gasteiger partial charge in [0, 0.05) is 6.42 Å². The van der Waals surface area contributed by atoms with Gasteiger partial charge in [-0.1, -0.05) is 170 Å². The Morgan fingerprint density at radius 1 is 0.486 bits per heavy atom. The fraction of sp³-hybridized carbons (Fsp3) is 1.00. The van der Waals surface area contributed by atoms with Crippen LogP contribution in [0.4, 0.5) is 0 Å². The molecule has 11 unspecified atom stereocenters. The molecule has 0 heterocycles. The molecule has 0 fully saturated rings. The summed E-state index contributed by atoms with van der Waals surface area (Å²) in [6, 6.07) is 0. The summed E-state index contributed by atoms with van der Waals surface area (Å²) in [4.78, 5) is 13.5. The summed E-state index contributed by atoms with van der Waals surface area (Å²) in [6.45, 7) is 54.8. The zero-order valence-corrected chi connectivity index (χ0v) is 50.9. The van der Waals surface area contributed by atoms with Crippen LogP contribution < -0.4 is 0 Å². The van der Waals surface area contributed by atoms with Gasteiger partial charge < -0.3 is 37.9 Å². The fourth-order valence-electron chi connectivity index (χ4n) is 8.62. The lowest BCUT2D eigenvalue weighted by atomic mass is 9.90. The topological polar surface area (TPSA) is 92.3 Å². The minimum atomic E-state index is -2.08. The molecular formula is C60H122O10. The second kappa shape index (κ2) is 35.0. The van der Waals surface area contributed by atoms with Crippen LogP contribution in [0.2, 0.25) is 0 Å². The van der Waals surface area contributed by atoms with Crippen LogP contribution in [0.3, 0.4) is 0 Å². The average Bonchev–Trinajstić information content (AvgIpc) is 3.28. The minimum absolute atomic E-state index is 0.111. The van der Waals surface area contributed by atoms with Crippen LogP contribution in [0, 0.1) is 52.8 Å². The molecule has 0 aliphatic rings. The lowest BCUT2D eigenvalue weighted by molar-refractivity contribution is -0.595. The van der Waals surface area contributed by atoms with E-state index in [-0.39, 0.29) is 48.8 Å². The van der Waals surface area contributed by atoms with Crippen molar-refractivity contribution in [2.45, 2.75) is 304 Å². The van der Waals surface area contributed by atoms with Crippen LogP contribution in [0.5, 0.6) is 0 Å². The minimum Gasteiger partial charge on any atom is -0.366 e. The maximum Gasteiger partial charge on any atom is 0.370 e. The van der Waals surface area contributed by atoms with Gasteiger partial charge in [-0.2, -0.15) is 4.89 Å². The molecule has 0 saturated heterocycles. The Labute approximate surface area is 435 Å². The van der Waals surface area contributed by atoms with Crippen LogP contribution in [-0.2, 0) is 47.7 Å². The van der Waals surface area contributed by atoms with Gasteiger partial charge in [0.15, 0.2) is 0 Å². The van der Waals surface area contributed by atoms with Crippen molar-refractivity contribution < 1.29 is 47.7 Å². The van der Waals surface area contributed by atoms with Crippen LogP contribution in [0.25, 0.3) is 0 Å². The Balaban J connectivity index is 9.24. The predicted molar refractivity (Wildman–Crippen MR) is 292 cm³/mol. The van der Waals surface area contributed by atoms with Gasteiger partial charge in [0.2, 0.25) is 0 Å². The molecule has 0 aliphatic carbocycles. The number of ether oxygens (including phenoxy) is 8. The maximum absolute atomic E-state index is 7.82. The molecule has 0 aliphatic heterocycles. The highest BCUT2D eigenvalue weighted by atomic mass is 17.3. The molecule has 0 radical (unpaired) electrons. The van der Waals surface area contributed by atoms with E-state index in [1.165, 1.54) is 0 Å². The molecular weight excluding hydrogens is 881 g/mol. The normalized spacial score (nSPS) is 19.2. The third kappa shape index (κ3) is 25.9. The van der Waals surface area contributed by atoms with E-state index >= 15 is 0 Å². The van der Waals surface area contributed by atoms with E-state index in [0.29, 0.717) is 68.2 Å². The summed E-state index contributed by atoms with van der Waals surface area (Å²) in [6.07, 6.45) is 9.68. The fourth-order valence-corrected chi connectivity index (χ4v) is 8.62. The first-order valence-electron chi connectivity index (χ1n) is 29.2. The molecule has 0 amide bonds. The van der Waals surface area contributed by atoms with Gasteiger partial charge in [-0.15, -0.1) is 0 Å². The Hall–Kier alpha value is -0.400. The first-order valence-corrected chi connectivity index (χ1v) is 29.2. The lowest BCUT2D eigenvalue weighted by Crippen LogP contribution is -2.71. The second-order valence-electron chi connectivity index (χ2n) is 24.6. The van der Waals surface area contributed by atoms with E-state index in [1.54, 1.807) is 0 Å². The van der Waals surface area contributed by atoms with Crippen molar-refractivity contribution in [1.82, 2.24) is 0 Å². The zero-order valence-electron chi connectivity index (χ0n) is 50.9. The first-order chi connectivity index (χ1) is 32.6. The van der Waals surface area contributed by atoms with Gasteiger partial charge in [0.05, 0.1) is 56.9 Å². The van der Waals surface area contributed by atoms with E-state index in [0.717, 1.165) is 77.0 Å². The number of hydrogen-bond donors (Lipinski definition) is 0. The maximum atomic E-state index is 7.82. The number of hydrogen-bond acceptors (Lipinski definition) is 10. The third-order valence-corrected chi connectivity index (χ3v) is 15.0. The van der Waals surface area contributed by atoms with Crippen molar-refractivity contribution in [2.75, 3.05) is 33.0 Å². The van der Waals surface area contributed by atoms with Crippen molar-refractivity contribution in [2.24, 2.45) is 52.8 Å². The lowest BCUT2D eigenvalue weighted by Gasteiger charge is -2.54. The van der Waals surface area contributed by atoms with Gasteiger partial charge in [-0.05, 0) is 132 Å². The summed E-state index contributed by atoms with van der Waals surface area (Å²) in [5.74, 6) is -3.10. The predicted octanol–water partition coefficient (Wildman–Crippen LogP) is 17.1. The molecule has 0 aromatic rings. The van der Waals surface area contributed by atoms with Gasteiger partial charge in [-0.25, -0.2) is 4.89 Å². The van der Waals surface area contributed by atoms with Gasteiger partial charge in [0.25, 0.3) is 11.8 Å². The molecule has 0 aromatic carbocycles. The molecule has 422 valence electrons. The highest BCUT2D eigenvalue weighted by Crippen LogP contribution is 2.47. The second-order valence-corrected chi connectivity index (χ2v) is 24.6. The van der Waals surface area contributed by atoms with Crippen molar-refractivity contribution in [3.63, 3.8) is 0 Å². The van der Waals surface area contributed by atoms with Crippen LogP contribution in [0.15, 0.2) is 0 Å². The van der Waals surface area contributed by atoms with E-state index < -0.39 is 29.4 Å². The Kier molecular flexibility index (Phi) is 34.8. The molecule has 0 N–H and O–H groups in total. The molecule has 0 rings (SSSR count). The zero-order chi connectivity index (χ0) is 53.9. The molecule has 0 saturated carbocycles. The number of rotatable bonds is 45. The molecule has 0 bridgehead atoms. The average molecular weight is 1000 g/mol. The first kappa shape index (κ1) is 69.6. The monoisotopic (exact) mass is 1000 g/mol. The Morgan fingerprint density at radius 2 is 1.07 bits per heavy atom. The standard InChI is InChI=1S/C60H122O10/c1-25-32-48(15)40-61-58(62-42-54(29-5)30-6,66-51(18)38-44(8)9)36-33-55(69-57(23,24)35-26-2)59(64-43-56(21,22)31-7,68-53(20)49(16)28-4)60(63-41-50(17)46(12)13,67-52(19)39-45(10)11)70-65-37-34-47(14)27-3/h44-55H,25-43H2,1-24H3. The van der Waals surface area contributed by atoms with Crippen LogP contribution in [-0.4, -0.2) is 80.8 Å². The Bertz CT molecular complexity index is 1270. The molecule has 10 nitrogen and oxygen atoms in total. The highest BCUT2D eigenvalue weighted by Gasteiger charge is 2.68. The highest BCUT2D eigenvalue weighted by molar-refractivity contribution is 4.96. The van der Waals surface area contributed by atoms with Crippen molar-refractivity contribution >= 4 is 0 Å². The van der Waals surface area contributed by atoms with Gasteiger partial charge in [0.1, 0.15) is 6.10 Å². The third-order valence-electron chi connectivity index (χ3n) is 15.0. The van der Waals surface area contributed by atoms with Gasteiger partial charge >= 0.3 is 5.97 Å². The smallest absolute Gasteiger partial charge is 0.366 e. The van der Waals surface area contributed by atoms with E-state index in [9.17, 15) is 0 Å². The van der Waals surface area contributed by atoms with Crippen LogP contribution in [0.1, 0.15) is 256 Å². The summed E-state index contributed by atoms with van der Waals surface area (Å²) in [5.41, 5.74) is -0.942. The molecule has 70 heavy (non-hydrogen) atoms. The van der Waals surface area contributed by atoms with E-state index in [4.69, 9.17) is 47.7 Å². The molecule has 11 atom stereocenters. The largest absolute Gasteiger partial charge is 0.370 e. The molecule has 0 spiro atoms. The van der Waals surface area contributed by atoms with E-state index in [1.807, 2.05) is 0 Å². The summed E-state index contributed by atoms with van der Waals surface area (Å²) >= 11 is 0. The quantitative estimate of drug-likeness (QED) is 0.0254. The van der Waals surface area contributed by atoms with Crippen molar-refractivity contribution in [3.05, 3.63) is 0 Å². The van der Waals surface area contributed by atoms with Crippen molar-refractivity contribution in [3.8, 4) is 0 Å². The SMILES string of the molecule is CCCC(C)COC(CCC(OC(C)(C)CCC)C(OCC(C)(C)CC)(OC(C)C(C)CC)C(OCC(C)C(C)C)(OOCCC(C)CC)OC(C)CC(C)C)(OCC(CC)CC)OC(C)CC(C)C. The summed E-state index contributed by atoms with van der Waals surface area (Å²) in [7, 11) is 0. The van der Waals surface area contributed by atoms with E-state index in [2.05, 4.69) is 166 Å². The van der Waals surface area contributed by atoms with Gasteiger partial charge in [-0.3, -0.25) is 0 Å². The molecule has 0 aromatic heterocycles. The van der Waals surface area contributed by atoms with Crippen LogP contribution >= 0.6 is 0 Å². The summed E-state index contributed by atoms with van der Waals surface area (Å²) in [5, 5.41) is 0. The summed E-state index contributed by atoms with van der Waals surface area (Å²) < 4.78 is 59.8. The Morgan fingerprint density at radius 3 is 1.57 bits per heavy atom.